The highest BCUT2D eigenvalue weighted by molar-refractivity contribution is 6.30. The van der Waals surface area contributed by atoms with Crippen LogP contribution in [0.3, 0.4) is 0 Å². The quantitative estimate of drug-likeness (QED) is 0.650. The minimum Gasteiger partial charge on any atom is -0.484 e. The number of rotatable bonds is 5. The van der Waals surface area contributed by atoms with Gasteiger partial charge in [-0.25, -0.2) is 9.97 Å². The van der Waals surface area contributed by atoms with Crippen molar-refractivity contribution >= 4 is 40.2 Å². The number of anilines is 2. The van der Waals surface area contributed by atoms with Crippen LogP contribution in [0.1, 0.15) is 12.1 Å². The molecule has 1 amide bonds. The van der Waals surface area contributed by atoms with E-state index in [0.29, 0.717) is 34.2 Å². The third kappa shape index (κ3) is 3.76. The van der Waals surface area contributed by atoms with Gasteiger partial charge in [0.05, 0.1) is 17.6 Å². The van der Waals surface area contributed by atoms with E-state index in [1.165, 1.54) is 0 Å². The van der Waals surface area contributed by atoms with Crippen LogP contribution in [0.15, 0.2) is 36.5 Å². The molecule has 3 aromatic rings. The highest BCUT2D eigenvalue weighted by atomic mass is 35.5. The van der Waals surface area contributed by atoms with E-state index in [9.17, 15) is 4.79 Å². The molecular formula is C21H21ClN6O2. The summed E-state index contributed by atoms with van der Waals surface area (Å²) in [5.41, 5.74) is 2.05. The van der Waals surface area contributed by atoms with Crippen molar-refractivity contribution in [3.63, 3.8) is 0 Å². The van der Waals surface area contributed by atoms with Crippen molar-refractivity contribution in [1.82, 2.24) is 20.3 Å². The molecule has 1 aromatic carbocycles. The van der Waals surface area contributed by atoms with Crippen LogP contribution in [0.2, 0.25) is 5.02 Å². The number of aromatic nitrogens is 3. The Hall–Kier alpha value is -2.97. The number of nitrogens with zero attached hydrogens (tertiary/aromatic N) is 4. The van der Waals surface area contributed by atoms with E-state index in [4.69, 9.17) is 21.3 Å². The van der Waals surface area contributed by atoms with Gasteiger partial charge in [0.25, 0.3) is 5.91 Å². The Morgan fingerprint density at radius 3 is 2.90 bits per heavy atom. The molecule has 5 rings (SSSR count). The van der Waals surface area contributed by atoms with Crippen molar-refractivity contribution < 1.29 is 9.53 Å². The molecule has 2 saturated heterocycles. The Morgan fingerprint density at radius 2 is 2.17 bits per heavy atom. The van der Waals surface area contributed by atoms with Crippen molar-refractivity contribution in [1.29, 1.82) is 0 Å². The molecule has 2 aliphatic rings. The van der Waals surface area contributed by atoms with Crippen molar-refractivity contribution in [2.75, 3.05) is 29.9 Å². The molecule has 0 radical (unpaired) electrons. The number of carbonyl (C=O) groups is 1. The van der Waals surface area contributed by atoms with Crippen LogP contribution in [0.4, 0.5) is 11.6 Å². The van der Waals surface area contributed by atoms with Gasteiger partial charge in [-0.3, -0.25) is 4.79 Å². The highest BCUT2D eigenvalue weighted by Gasteiger charge is 2.39. The molecule has 2 atom stereocenters. The predicted molar refractivity (Wildman–Crippen MR) is 115 cm³/mol. The van der Waals surface area contributed by atoms with E-state index in [0.717, 1.165) is 36.5 Å². The summed E-state index contributed by atoms with van der Waals surface area (Å²) < 4.78 is 5.48. The van der Waals surface area contributed by atoms with Gasteiger partial charge < -0.3 is 20.3 Å². The number of nitrogens with one attached hydrogen (secondary N) is 2. The summed E-state index contributed by atoms with van der Waals surface area (Å²) >= 11 is 5.85. The molecule has 9 heteroatoms. The van der Waals surface area contributed by atoms with Gasteiger partial charge in [0.15, 0.2) is 12.3 Å². The lowest BCUT2D eigenvalue weighted by atomic mass is 10.2. The average molecular weight is 425 g/mol. The van der Waals surface area contributed by atoms with Gasteiger partial charge >= 0.3 is 0 Å². The number of carbonyl (C=O) groups excluding carboxylic acids is 1. The molecule has 0 spiro atoms. The number of hydrogen-bond acceptors (Lipinski definition) is 7. The van der Waals surface area contributed by atoms with Gasteiger partial charge in [-0.05, 0) is 43.7 Å². The summed E-state index contributed by atoms with van der Waals surface area (Å²) in [6.07, 6.45) is 2.74. The second kappa shape index (κ2) is 7.70. The van der Waals surface area contributed by atoms with Crippen LogP contribution in [-0.4, -0.2) is 52.6 Å². The van der Waals surface area contributed by atoms with Gasteiger partial charge in [0.1, 0.15) is 5.75 Å². The molecule has 154 valence electrons. The molecule has 2 bridgehead atoms. The van der Waals surface area contributed by atoms with E-state index in [-0.39, 0.29) is 12.5 Å². The predicted octanol–water partition coefficient (Wildman–Crippen LogP) is 2.55. The largest absolute Gasteiger partial charge is 0.484 e. The van der Waals surface area contributed by atoms with Gasteiger partial charge in [-0.1, -0.05) is 11.6 Å². The number of ether oxygens (including phenoxy) is 1. The Morgan fingerprint density at radius 1 is 1.33 bits per heavy atom. The van der Waals surface area contributed by atoms with Gasteiger partial charge in [-0.15, -0.1) is 0 Å². The highest BCUT2D eigenvalue weighted by Crippen LogP contribution is 2.29. The minimum atomic E-state index is -0.276. The van der Waals surface area contributed by atoms with Crippen molar-refractivity contribution in [2.45, 2.75) is 25.4 Å². The number of halogens is 1. The maximum atomic E-state index is 12.2. The zero-order valence-corrected chi connectivity index (χ0v) is 17.2. The fourth-order valence-corrected chi connectivity index (χ4v) is 4.15. The molecule has 2 N–H and O–H groups in total. The minimum absolute atomic E-state index is 0.111. The van der Waals surface area contributed by atoms with Crippen LogP contribution < -0.4 is 20.3 Å². The maximum absolute atomic E-state index is 12.2. The second-order valence-electron chi connectivity index (χ2n) is 7.64. The first kappa shape index (κ1) is 19.0. The summed E-state index contributed by atoms with van der Waals surface area (Å²) in [7, 11) is 0. The van der Waals surface area contributed by atoms with Crippen molar-refractivity contribution in [2.24, 2.45) is 0 Å². The van der Waals surface area contributed by atoms with E-state index < -0.39 is 0 Å². The molecule has 2 aromatic heterocycles. The van der Waals surface area contributed by atoms with Gasteiger partial charge in [-0.2, -0.15) is 4.98 Å². The number of benzene rings is 1. The topological polar surface area (TPSA) is 92.3 Å². The molecule has 4 heterocycles. The SMILES string of the molecule is Cc1nc(N2CC3CC2CN3)nc2ncc(NC(=O)COc3ccc(Cl)cc3)cc12. The number of aryl methyl sites for hydroxylation is 1. The van der Waals surface area contributed by atoms with Crippen molar-refractivity contribution in [3.8, 4) is 5.75 Å². The second-order valence-corrected chi connectivity index (χ2v) is 8.08. The summed E-state index contributed by atoms with van der Waals surface area (Å²) in [5, 5.41) is 7.73. The molecule has 30 heavy (non-hydrogen) atoms. The zero-order valence-electron chi connectivity index (χ0n) is 16.4. The molecule has 2 aliphatic heterocycles. The Labute approximate surface area is 178 Å². The van der Waals surface area contributed by atoms with E-state index in [2.05, 4.69) is 25.5 Å². The third-order valence-corrected chi connectivity index (χ3v) is 5.76. The third-order valence-electron chi connectivity index (χ3n) is 5.51. The van der Waals surface area contributed by atoms with Crippen LogP contribution in [0.5, 0.6) is 5.75 Å². The Kier molecular flexibility index (Phi) is 4.88. The van der Waals surface area contributed by atoms with E-state index >= 15 is 0 Å². The standard InChI is InChI=1S/C21H21ClN6O2/c1-12-18-7-14(26-19(29)11-30-17-4-2-13(22)3-5-17)8-24-20(18)27-21(25-12)28-10-15-6-16(28)9-23-15/h2-5,7-8,15-16,23H,6,9-11H2,1H3,(H,26,29). The molecule has 0 saturated carbocycles. The average Bonchev–Trinajstić information content (AvgIpc) is 3.37. The summed E-state index contributed by atoms with van der Waals surface area (Å²) in [4.78, 5) is 28.3. The maximum Gasteiger partial charge on any atom is 0.262 e. The zero-order chi connectivity index (χ0) is 20.7. The monoisotopic (exact) mass is 424 g/mol. The van der Waals surface area contributed by atoms with Gasteiger partial charge in [0, 0.05) is 35.6 Å². The van der Waals surface area contributed by atoms with Crippen LogP contribution in [0, 0.1) is 6.92 Å². The van der Waals surface area contributed by atoms with Crippen LogP contribution in [0.25, 0.3) is 11.0 Å². The lowest BCUT2D eigenvalue weighted by molar-refractivity contribution is -0.118. The number of amides is 1. The first-order chi connectivity index (χ1) is 14.5. The number of pyridine rings is 1. The van der Waals surface area contributed by atoms with Crippen LogP contribution >= 0.6 is 11.6 Å². The first-order valence-electron chi connectivity index (χ1n) is 9.88. The molecule has 2 fully saturated rings. The van der Waals surface area contributed by atoms with Crippen molar-refractivity contribution in [3.05, 3.63) is 47.2 Å². The number of fused-ring (bicyclic) bond motifs is 3. The Bertz CT molecular complexity index is 1110. The first-order valence-corrected chi connectivity index (χ1v) is 10.3. The van der Waals surface area contributed by atoms with E-state index in [1.807, 2.05) is 13.0 Å². The molecule has 8 nitrogen and oxygen atoms in total. The number of piperazine rings is 1. The summed E-state index contributed by atoms with van der Waals surface area (Å²) in [6.45, 7) is 3.73. The fraction of sp³-hybridized carbons (Fsp3) is 0.333. The lowest BCUT2D eigenvalue weighted by Gasteiger charge is -2.27. The van der Waals surface area contributed by atoms with Crippen LogP contribution in [-0.2, 0) is 4.79 Å². The summed E-state index contributed by atoms with van der Waals surface area (Å²) in [5.74, 6) is 1.03. The summed E-state index contributed by atoms with van der Waals surface area (Å²) in [6, 6.07) is 9.67. The lowest BCUT2D eigenvalue weighted by Crippen LogP contribution is -2.44. The normalized spacial score (nSPS) is 20.0. The smallest absolute Gasteiger partial charge is 0.262 e. The van der Waals surface area contributed by atoms with Gasteiger partial charge in [0.2, 0.25) is 5.95 Å². The Balaban J connectivity index is 1.28. The number of hydrogen-bond donors (Lipinski definition) is 2. The molecule has 2 unspecified atom stereocenters. The van der Waals surface area contributed by atoms with E-state index in [1.54, 1.807) is 30.5 Å². The molecular weight excluding hydrogens is 404 g/mol. The fourth-order valence-electron chi connectivity index (χ4n) is 4.02. The molecule has 0 aliphatic carbocycles.